The van der Waals surface area contributed by atoms with E-state index in [4.69, 9.17) is 4.74 Å². The molecule has 1 aliphatic rings. The van der Waals surface area contributed by atoms with Crippen LogP contribution in [0.4, 0.5) is 0 Å². The summed E-state index contributed by atoms with van der Waals surface area (Å²) in [6.07, 6.45) is 4.11. The number of allylic oxidation sites excluding steroid dienone is 1. The van der Waals surface area contributed by atoms with Gasteiger partial charge in [-0.05, 0) is 40.6 Å². The standard InChI is InChI=1S/C13H13BrO2/c1-16-8-13(15)11-3-2-10-7-12(14)5-4-9(10)6-11/h2-3,6-7H,4-5,8H2,1H3. The van der Waals surface area contributed by atoms with Crippen LogP contribution in [0.2, 0.25) is 0 Å². The van der Waals surface area contributed by atoms with Crippen molar-refractivity contribution in [2.24, 2.45) is 0 Å². The Morgan fingerprint density at radius 2 is 2.25 bits per heavy atom. The van der Waals surface area contributed by atoms with Crippen molar-refractivity contribution < 1.29 is 9.53 Å². The molecule has 0 unspecified atom stereocenters. The molecule has 0 aromatic heterocycles. The lowest BCUT2D eigenvalue weighted by atomic mass is 9.94. The number of hydrogen-bond acceptors (Lipinski definition) is 2. The molecule has 0 N–H and O–H groups in total. The second-order valence-corrected chi connectivity index (χ2v) is 4.88. The third-order valence-corrected chi connectivity index (χ3v) is 3.31. The third kappa shape index (κ3) is 2.42. The second kappa shape index (κ2) is 4.93. The molecule has 3 heteroatoms. The Hall–Kier alpha value is -0.930. The maximum absolute atomic E-state index is 11.6. The first-order chi connectivity index (χ1) is 7.70. The molecule has 84 valence electrons. The molecular weight excluding hydrogens is 268 g/mol. The Kier molecular flexibility index (Phi) is 3.56. The molecule has 0 radical (unpaired) electrons. The van der Waals surface area contributed by atoms with Gasteiger partial charge in [-0.2, -0.15) is 0 Å². The zero-order valence-electron chi connectivity index (χ0n) is 9.13. The number of fused-ring (bicyclic) bond motifs is 1. The molecule has 2 rings (SSSR count). The third-order valence-electron chi connectivity index (χ3n) is 2.69. The van der Waals surface area contributed by atoms with Crippen molar-refractivity contribution in [2.75, 3.05) is 13.7 Å². The van der Waals surface area contributed by atoms with E-state index in [9.17, 15) is 4.79 Å². The van der Waals surface area contributed by atoms with Crippen molar-refractivity contribution in [1.82, 2.24) is 0 Å². The highest BCUT2D eigenvalue weighted by Gasteiger charge is 2.12. The van der Waals surface area contributed by atoms with E-state index in [1.807, 2.05) is 18.2 Å². The van der Waals surface area contributed by atoms with E-state index in [1.165, 1.54) is 22.7 Å². The number of rotatable bonds is 3. The van der Waals surface area contributed by atoms with Crippen molar-refractivity contribution in [3.05, 3.63) is 39.4 Å². The van der Waals surface area contributed by atoms with E-state index in [2.05, 4.69) is 22.0 Å². The van der Waals surface area contributed by atoms with Gasteiger partial charge in [0.15, 0.2) is 5.78 Å². The maximum atomic E-state index is 11.6. The molecule has 1 aromatic carbocycles. The van der Waals surface area contributed by atoms with Crippen LogP contribution in [0.5, 0.6) is 0 Å². The van der Waals surface area contributed by atoms with Crippen LogP contribution >= 0.6 is 15.9 Å². The van der Waals surface area contributed by atoms with E-state index < -0.39 is 0 Å². The predicted octanol–water partition coefficient (Wildman–Crippen LogP) is 3.20. The van der Waals surface area contributed by atoms with Gasteiger partial charge in [-0.15, -0.1) is 0 Å². The highest BCUT2D eigenvalue weighted by Crippen LogP contribution is 2.27. The van der Waals surface area contributed by atoms with Crippen molar-refractivity contribution in [2.45, 2.75) is 12.8 Å². The maximum Gasteiger partial charge on any atom is 0.188 e. The number of aryl methyl sites for hydroxylation is 1. The predicted molar refractivity (Wildman–Crippen MR) is 67.9 cm³/mol. The van der Waals surface area contributed by atoms with Crippen LogP contribution in [-0.2, 0) is 11.2 Å². The molecule has 0 saturated heterocycles. The Morgan fingerprint density at radius 1 is 1.44 bits per heavy atom. The van der Waals surface area contributed by atoms with Crippen LogP contribution in [0.25, 0.3) is 6.08 Å². The lowest BCUT2D eigenvalue weighted by Crippen LogP contribution is -2.08. The van der Waals surface area contributed by atoms with Crippen LogP contribution in [-0.4, -0.2) is 19.5 Å². The SMILES string of the molecule is COCC(=O)c1ccc2c(c1)CCC(Br)=C2. The first kappa shape index (κ1) is 11.6. The van der Waals surface area contributed by atoms with E-state index in [-0.39, 0.29) is 12.4 Å². The number of Topliss-reactive ketones (excluding diaryl/α,β-unsaturated/α-hetero) is 1. The molecule has 0 amide bonds. The van der Waals surface area contributed by atoms with Crippen LogP contribution in [0, 0.1) is 0 Å². The van der Waals surface area contributed by atoms with Crippen molar-refractivity contribution in [3.8, 4) is 0 Å². The first-order valence-electron chi connectivity index (χ1n) is 5.22. The molecule has 0 heterocycles. The van der Waals surface area contributed by atoms with Gasteiger partial charge in [-0.25, -0.2) is 0 Å². The van der Waals surface area contributed by atoms with Gasteiger partial charge in [0.1, 0.15) is 6.61 Å². The lowest BCUT2D eigenvalue weighted by molar-refractivity contribution is 0.0848. The summed E-state index contributed by atoms with van der Waals surface area (Å²) in [7, 11) is 1.54. The van der Waals surface area contributed by atoms with Gasteiger partial charge < -0.3 is 4.74 Å². The summed E-state index contributed by atoms with van der Waals surface area (Å²) in [5.41, 5.74) is 3.18. The molecular formula is C13H13BrO2. The minimum absolute atomic E-state index is 0.0407. The number of benzene rings is 1. The molecule has 2 nitrogen and oxygen atoms in total. The summed E-state index contributed by atoms with van der Waals surface area (Å²) >= 11 is 3.50. The number of halogens is 1. The fraction of sp³-hybridized carbons (Fsp3) is 0.308. The van der Waals surface area contributed by atoms with E-state index in [0.29, 0.717) is 0 Å². The van der Waals surface area contributed by atoms with Gasteiger partial charge >= 0.3 is 0 Å². The molecule has 0 atom stereocenters. The second-order valence-electron chi connectivity index (χ2n) is 3.86. The monoisotopic (exact) mass is 280 g/mol. The number of carbonyl (C=O) groups excluding carboxylic acids is 1. The fourth-order valence-corrected chi connectivity index (χ4v) is 2.29. The summed E-state index contributed by atoms with van der Waals surface area (Å²) in [4.78, 5) is 11.6. The number of ketones is 1. The zero-order chi connectivity index (χ0) is 11.5. The summed E-state index contributed by atoms with van der Waals surface area (Å²) in [5, 5.41) is 0. The molecule has 0 spiro atoms. The highest BCUT2D eigenvalue weighted by molar-refractivity contribution is 9.11. The molecule has 16 heavy (non-hydrogen) atoms. The number of methoxy groups -OCH3 is 1. The van der Waals surface area contributed by atoms with E-state index in [0.717, 1.165) is 18.4 Å². The van der Waals surface area contributed by atoms with Gasteiger partial charge in [0.05, 0.1) is 0 Å². The van der Waals surface area contributed by atoms with Gasteiger partial charge in [-0.1, -0.05) is 28.1 Å². The van der Waals surface area contributed by atoms with Crippen LogP contribution in [0.1, 0.15) is 27.9 Å². The summed E-state index contributed by atoms with van der Waals surface area (Å²) < 4.78 is 6.07. The van der Waals surface area contributed by atoms with E-state index >= 15 is 0 Å². The largest absolute Gasteiger partial charge is 0.377 e. The van der Waals surface area contributed by atoms with Gasteiger partial charge in [0, 0.05) is 12.7 Å². The molecule has 0 fully saturated rings. The number of carbonyl (C=O) groups is 1. The average Bonchev–Trinajstić information content (AvgIpc) is 2.28. The Bertz CT molecular complexity index is 449. The smallest absolute Gasteiger partial charge is 0.188 e. The fourth-order valence-electron chi connectivity index (χ4n) is 1.85. The number of ether oxygens (including phenoxy) is 1. The summed E-state index contributed by atoms with van der Waals surface area (Å²) in [5.74, 6) is 0.0407. The van der Waals surface area contributed by atoms with Gasteiger partial charge in [-0.3, -0.25) is 4.79 Å². The Labute approximate surface area is 103 Å². The molecule has 0 bridgehead atoms. The van der Waals surface area contributed by atoms with E-state index in [1.54, 1.807) is 0 Å². The minimum Gasteiger partial charge on any atom is -0.377 e. The average molecular weight is 281 g/mol. The van der Waals surface area contributed by atoms with Crippen LogP contribution in [0.3, 0.4) is 0 Å². The molecule has 1 aromatic rings. The Morgan fingerprint density at radius 3 is 3.00 bits per heavy atom. The van der Waals surface area contributed by atoms with Crippen molar-refractivity contribution in [3.63, 3.8) is 0 Å². The highest BCUT2D eigenvalue weighted by atomic mass is 79.9. The molecule has 0 aliphatic heterocycles. The van der Waals surface area contributed by atoms with Crippen LogP contribution in [0.15, 0.2) is 22.7 Å². The quantitative estimate of drug-likeness (QED) is 0.795. The summed E-state index contributed by atoms with van der Waals surface area (Å²) in [6, 6.07) is 5.84. The van der Waals surface area contributed by atoms with Gasteiger partial charge in [0.2, 0.25) is 0 Å². The lowest BCUT2D eigenvalue weighted by Gasteiger charge is -2.13. The summed E-state index contributed by atoms with van der Waals surface area (Å²) in [6.45, 7) is 0.151. The van der Waals surface area contributed by atoms with Gasteiger partial charge in [0.25, 0.3) is 0 Å². The first-order valence-corrected chi connectivity index (χ1v) is 6.01. The van der Waals surface area contributed by atoms with Crippen LogP contribution < -0.4 is 0 Å². The topological polar surface area (TPSA) is 26.3 Å². The van der Waals surface area contributed by atoms with Crippen molar-refractivity contribution >= 4 is 27.8 Å². The Balaban J connectivity index is 2.30. The normalized spacial score (nSPS) is 14.2. The number of hydrogen-bond donors (Lipinski definition) is 0. The minimum atomic E-state index is 0.0407. The molecule has 1 aliphatic carbocycles. The molecule has 0 saturated carbocycles. The zero-order valence-corrected chi connectivity index (χ0v) is 10.7. The van der Waals surface area contributed by atoms with Crippen molar-refractivity contribution in [1.29, 1.82) is 0 Å².